The Morgan fingerprint density at radius 1 is 1.62 bits per heavy atom. The number of nitrogens with zero attached hydrogens (tertiary/aromatic N) is 1. The summed E-state index contributed by atoms with van der Waals surface area (Å²) in [6, 6.07) is 0. The SMILES string of the molecule is NC(=O)C1C=CC=CC1(F)[N+](=O)[O-]. The van der Waals surface area contributed by atoms with Gasteiger partial charge in [0.15, 0.2) is 5.92 Å². The second-order valence-electron chi connectivity index (χ2n) is 2.61. The zero-order chi connectivity index (χ0) is 10.1. The van der Waals surface area contributed by atoms with Gasteiger partial charge in [-0.3, -0.25) is 14.9 Å². The Morgan fingerprint density at radius 3 is 2.62 bits per heavy atom. The number of amides is 1. The maximum absolute atomic E-state index is 13.5. The number of rotatable bonds is 2. The van der Waals surface area contributed by atoms with Crippen molar-refractivity contribution >= 4 is 5.91 Å². The van der Waals surface area contributed by atoms with E-state index in [0.717, 1.165) is 6.08 Å². The third kappa shape index (κ3) is 1.42. The Morgan fingerprint density at radius 2 is 2.23 bits per heavy atom. The monoisotopic (exact) mass is 186 g/mol. The molecule has 0 radical (unpaired) electrons. The number of halogens is 1. The lowest BCUT2D eigenvalue weighted by Gasteiger charge is -2.20. The molecule has 2 unspecified atom stereocenters. The van der Waals surface area contributed by atoms with E-state index in [4.69, 9.17) is 5.73 Å². The highest BCUT2D eigenvalue weighted by Crippen LogP contribution is 2.28. The van der Waals surface area contributed by atoms with Crippen LogP contribution in [0.5, 0.6) is 0 Å². The molecule has 0 spiro atoms. The molecule has 5 nitrogen and oxygen atoms in total. The van der Waals surface area contributed by atoms with Crippen LogP contribution in [0.3, 0.4) is 0 Å². The minimum absolute atomic E-state index is 0.711. The maximum Gasteiger partial charge on any atom is 0.393 e. The van der Waals surface area contributed by atoms with Gasteiger partial charge in [-0.1, -0.05) is 18.2 Å². The highest BCUT2D eigenvalue weighted by molar-refractivity contribution is 5.80. The molecule has 0 heterocycles. The second-order valence-corrected chi connectivity index (χ2v) is 2.61. The van der Waals surface area contributed by atoms with Crippen molar-refractivity contribution in [3.63, 3.8) is 0 Å². The normalized spacial score (nSPS) is 31.6. The number of allylic oxidation sites excluding steroid dienone is 2. The number of nitrogens with two attached hydrogens (primary N) is 1. The predicted molar refractivity (Wildman–Crippen MR) is 41.8 cm³/mol. The molecule has 1 rings (SSSR count). The molecular formula is C7H7FN2O3. The largest absolute Gasteiger partial charge is 0.393 e. The van der Waals surface area contributed by atoms with E-state index in [9.17, 15) is 19.3 Å². The van der Waals surface area contributed by atoms with Crippen molar-refractivity contribution in [3.8, 4) is 0 Å². The van der Waals surface area contributed by atoms with Gasteiger partial charge in [0.1, 0.15) is 0 Å². The van der Waals surface area contributed by atoms with Crippen molar-refractivity contribution in [1.82, 2.24) is 0 Å². The topological polar surface area (TPSA) is 86.2 Å². The van der Waals surface area contributed by atoms with Crippen LogP contribution in [0.1, 0.15) is 0 Å². The van der Waals surface area contributed by atoms with Crippen LogP contribution in [0.15, 0.2) is 24.3 Å². The second kappa shape index (κ2) is 2.96. The van der Waals surface area contributed by atoms with Crippen molar-refractivity contribution in [2.75, 3.05) is 0 Å². The smallest absolute Gasteiger partial charge is 0.369 e. The van der Waals surface area contributed by atoms with Gasteiger partial charge < -0.3 is 5.73 Å². The lowest BCUT2D eigenvalue weighted by molar-refractivity contribution is -0.595. The van der Waals surface area contributed by atoms with Gasteiger partial charge in [-0.25, -0.2) is 0 Å². The van der Waals surface area contributed by atoms with Gasteiger partial charge in [-0.15, -0.1) is 0 Å². The van der Waals surface area contributed by atoms with Crippen LogP contribution in [-0.2, 0) is 4.79 Å². The highest BCUT2D eigenvalue weighted by Gasteiger charge is 2.51. The van der Waals surface area contributed by atoms with E-state index in [-0.39, 0.29) is 0 Å². The third-order valence-electron chi connectivity index (χ3n) is 1.77. The Labute approximate surface area is 72.9 Å². The first kappa shape index (κ1) is 9.37. The number of hydrogen-bond acceptors (Lipinski definition) is 3. The minimum Gasteiger partial charge on any atom is -0.369 e. The van der Waals surface area contributed by atoms with E-state index in [1.54, 1.807) is 0 Å². The van der Waals surface area contributed by atoms with Crippen molar-refractivity contribution < 1.29 is 14.1 Å². The lowest BCUT2D eigenvalue weighted by Crippen LogP contribution is -2.46. The van der Waals surface area contributed by atoms with Gasteiger partial charge in [0.05, 0.1) is 4.92 Å². The quantitative estimate of drug-likeness (QED) is 0.378. The molecule has 0 aromatic heterocycles. The van der Waals surface area contributed by atoms with Crippen LogP contribution in [-0.4, -0.2) is 16.6 Å². The molecule has 0 saturated carbocycles. The molecule has 0 fully saturated rings. The first-order valence-corrected chi connectivity index (χ1v) is 3.47. The Kier molecular flexibility index (Phi) is 2.14. The molecular weight excluding hydrogens is 179 g/mol. The number of nitro groups is 1. The summed E-state index contributed by atoms with van der Waals surface area (Å²) in [6.07, 6.45) is 4.30. The van der Waals surface area contributed by atoms with Gasteiger partial charge in [-0.05, 0) is 0 Å². The molecule has 1 amide bonds. The van der Waals surface area contributed by atoms with Crippen molar-refractivity contribution in [2.24, 2.45) is 11.7 Å². The first-order chi connectivity index (χ1) is 5.98. The fourth-order valence-corrected chi connectivity index (χ4v) is 1.07. The molecule has 0 aliphatic heterocycles. The van der Waals surface area contributed by atoms with Gasteiger partial charge >= 0.3 is 5.79 Å². The van der Waals surface area contributed by atoms with E-state index < -0.39 is 22.5 Å². The van der Waals surface area contributed by atoms with Crippen LogP contribution < -0.4 is 5.73 Å². The average Bonchev–Trinajstić information content (AvgIpc) is 2.04. The summed E-state index contributed by atoms with van der Waals surface area (Å²) < 4.78 is 13.5. The first-order valence-electron chi connectivity index (χ1n) is 3.47. The summed E-state index contributed by atoms with van der Waals surface area (Å²) in [4.78, 5) is 19.8. The molecule has 0 aromatic rings. The maximum atomic E-state index is 13.5. The fourth-order valence-electron chi connectivity index (χ4n) is 1.07. The zero-order valence-corrected chi connectivity index (χ0v) is 6.51. The zero-order valence-electron chi connectivity index (χ0n) is 6.51. The highest BCUT2D eigenvalue weighted by atomic mass is 19.1. The average molecular weight is 186 g/mol. The molecule has 0 saturated heterocycles. The Balaban J connectivity index is 3.07. The summed E-state index contributed by atoms with van der Waals surface area (Å²) in [5.41, 5.74) is 4.81. The molecule has 0 aromatic carbocycles. The van der Waals surface area contributed by atoms with E-state index in [0.29, 0.717) is 6.08 Å². The number of alkyl halides is 1. The Bertz CT molecular complexity index is 313. The number of carbonyl (C=O) groups is 1. The van der Waals surface area contributed by atoms with Crippen LogP contribution >= 0.6 is 0 Å². The van der Waals surface area contributed by atoms with Gasteiger partial charge in [0.2, 0.25) is 5.91 Å². The van der Waals surface area contributed by atoms with Crippen molar-refractivity contribution in [3.05, 3.63) is 34.4 Å². The van der Waals surface area contributed by atoms with Crippen LogP contribution in [0.25, 0.3) is 0 Å². The standard InChI is InChI=1S/C7H7FN2O3/c8-7(10(12)13)4-2-1-3-5(7)6(9)11/h1-5H,(H2,9,11). The number of primary amides is 1. The minimum atomic E-state index is -2.90. The van der Waals surface area contributed by atoms with Gasteiger partial charge in [0.25, 0.3) is 0 Å². The van der Waals surface area contributed by atoms with Gasteiger partial charge in [0, 0.05) is 6.08 Å². The molecule has 13 heavy (non-hydrogen) atoms. The summed E-state index contributed by atoms with van der Waals surface area (Å²) in [5, 5.41) is 10.3. The molecule has 1 aliphatic carbocycles. The fraction of sp³-hybridized carbons (Fsp3) is 0.286. The molecule has 6 heteroatoms. The molecule has 1 aliphatic rings. The lowest BCUT2D eigenvalue weighted by atomic mass is 9.92. The van der Waals surface area contributed by atoms with E-state index in [1.807, 2.05) is 0 Å². The van der Waals surface area contributed by atoms with Crippen LogP contribution in [0.2, 0.25) is 0 Å². The summed E-state index contributed by atoms with van der Waals surface area (Å²) in [5.74, 6) is -5.49. The van der Waals surface area contributed by atoms with E-state index >= 15 is 0 Å². The molecule has 70 valence electrons. The van der Waals surface area contributed by atoms with E-state index in [2.05, 4.69) is 0 Å². The van der Waals surface area contributed by atoms with Crippen LogP contribution in [0, 0.1) is 16.0 Å². The summed E-state index contributed by atoms with van der Waals surface area (Å²) >= 11 is 0. The Hall–Kier alpha value is -1.72. The number of carbonyl (C=O) groups excluding carboxylic acids is 1. The van der Waals surface area contributed by atoms with E-state index in [1.165, 1.54) is 12.2 Å². The molecule has 2 N–H and O–H groups in total. The predicted octanol–water partition coefficient (Wildman–Crippen LogP) is 0.156. The van der Waals surface area contributed by atoms with Crippen molar-refractivity contribution in [1.29, 1.82) is 0 Å². The molecule has 2 atom stereocenters. The van der Waals surface area contributed by atoms with Crippen molar-refractivity contribution in [2.45, 2.75) is 5.79 Å². The molecule has 0 bridgehead atoms. The third-order valence-corrected chi connectivity index (χ3v) is 1.77. The van der Waals surface area contributed by atoms with Gasteiger partial charge in [-0.2, -0.15) is 4.39 Å². The number of hydrogen-bond donors (Lipinski definition) is 1. The van der Waals surface area contributed by atoms with Crippen LogP contribution in [0.4, 0.5) is 4.39 Å². The summed E-state index contributed by atoms with van der Waals surface area (Å²) in [6.45, 7) is 0. The summed E-state index contributed by atoms with van der Waals surface area (Å²) in [7, 11) is 0.